The summed E-state index contributed by atoms with van der Waals surface area (Å²) in [5.74, 6) is 1.33. The Hall–Kier alpha value is -3.21. The first-order valence-electron chi connectivity index (χ1n) is 11.1. The van der Waals surface area contributed by atoms with Gasteiger partial charge in [-0.05, 0) is 25.7 Å². The second kappa shape index (κ2) is 9.74. The summed E-state index contributed by atoms with van der Waals surface area (Å²) < 4.78 is 6.45. The molecule has 10 nitrogen and oxygen atoms in total. The molecule has 1 aliphatic rings. The van der Waals surface area contributed by atoms with Crippen LogP contribution in [0.5, 0.6) is 0 Å². The summed E-state index contributed by atoms with van der Waals surface area (Å²) in [5, 5.41) is 12.5. The van der Waals surface area contributed by atoms with Crippen LogP contribution in [0.15, 0.2) is 23.8 Å². The smallest absolute Gasteiger partial charge is 0.407 e. The normalized spacial score (nSPS) is 15.6. The number of ether oxygens (including phenoxy) is 1. The molecule has 3 aromatic heterocycles. The zero-order valence-electron chi connectivity index (χ0n) is 19.2. The van der Waals surface area contributed by atoms with Crippen molar-refractivity contribution in [2.24, 2.45) is 5.92 Å². The van der Waals surface area contributed by atoms with E-state index in [-0.39, 0.29) is 18.0 Å². The van der Waals surface area contributed by atoms with E-state index in [9.17, 15) is 9.59 Å². The van der Waals surface area contributed by atoms with Gasteiger partial charge in [0.1, 0.15) is 16.3 Å². The van der Waals surface area contributed by atoms with E-state index in [0.717, 1.165) is 10.4 Å². The number of aromatic nitrogens is 4. The maximum Gasteiger partial charge on any atom is 0.407 e. The highest BCUT2D eigenvalue weighted by atomic mass is 32.1. The van der Waals surface area contributed by atoms with Crippen LogP contribution in [0.4, 0.5) is 10.6 Å². The van der Waals surface area contributed by atoms with Crippen LogP contribution in [0.2, 0.25) is 0 Å². The van der Waals surface area contributed by atoms with Crippen LogP contribution in [0.25, 0.3) is 16.2 Å². The molecule has 0 aromatic carbocycles. The fraction of sp³-hybridized carbons (Fsp3) is 0.500. The van der Waals surface area contributed by atoms with Gasteiger partial charge in [-0.1, -0.05) is 13.8 Å². The van der Waals surface area contributed by atoms with Crippen LogP contribution in [0, 0.1) is 5.92 Å². The molecule has 1 aliphatic heterocycles. The molecule has 0 unspecified atom stereocenters. The number of carbonyl (C=O) groups excluding carboxylic acids is 2. The number of methoxy groups -OCH3 is 1. The van der Waals surface area contributed by atoms with Crippen molar-refractivity contribution in [1.82, 2.24) is 29.8 Å². The molecule has 11 heteroatoms. The molecule has 1 fully saturated rings. The Balaban J connectivity index is 1.59. The van der Waals surface area contributed by atoms with Crippen LogP contribution in [0.3, 0.4) is 0 Å². The third kappa shape index (κ3) is 5.08. The Morgan fingerprint density at radius 3 is 2.67 bits per heavy atom. The first kappa shape index (κ1) is 23.0. The molecule has 0 bridgehead atoms. The van der Waals surface area contributed by atoms with E-state index in [0.29, 0.717) is 49.2 Å². The number of carbonyl (C=O) groups is 2. The number of hydrogen-bond donors (Lipinski definition) is 2. The molecule has 3 aromatic rings. The van der Waals surface area contributed by atoms with E-state index in [1.807, 2.05) is 11.6 Å². The number of anilines is 1. The van der Waals surface area contributed by atoms with Gasteiger partial charge in [0, 0.05) is 42.8 Å². The maximum absolute atomic E-state index is 13.4. The highest BCUT2D eigenvalue weighted by Gasteiger charge is 2.27. The van der Waals surface area contributed by atoms with E-state index >= 15 is 0 Å². The number of thiazole rings is 1. The molecule has 1 saturated heterocycles. The number of nitrogens with one attached hydrogen (secondary N) is 2. The molecule has 0 aliphatic carbocycles. The summed E-state index contributed by atoms with van der Waals surface area (Å²) in [6.07, 6.45) is 4.48. The van der Waals surface area contributed by atoms with Crippen molar-refractivity contribution in [1.29, 1.82) is 0 Å². The predicted molar refractivity (Wildman–Crippen MR) is 126 cm³/mol. The van der Waals surface area contributed by atoms with Crippen molar-refractivity contribution < 1.29 is 14.3 Å². The standard InChI is InChI=1S/C22H29N7O3S/c1-13(2)14(3)24-18-11-17(20(30)28-7-5-15(6-8-28)25-22(31)32-4)26-19(27-18)16-12-23-29-9-10-33-21(16)29/h9-15H,5-8H2,1-4H3,(H,25,31)(H,24,26,27)/t14-/m0/s1. The van der Waals surface area contributed by atoms with Gasteiger partial charge in [0.05, 0.1) is 18.9 Å². The molecular weight excluding hydrogens is 442 g/mol. The summed E-state index contributed by atoms with van der Waals surface area (Å²) in [4.78, 5) is 36.9. The molecule has 1 atom stereocenters. The van der Waals surface area contributed by atoms with E-state index in [1.54, 1.807) is 33.0 Å². The Bertz CT molecular complexity index is 1130. The van der Waals surface area contributed by atoms with Crippen molar-refractivity contribution in [3.63, 3.8) is 0 Å². The van der Waals surface area contributed by atoms with Gasteiger partial charge >= 0.3 is 6.09 Å². The molecule has 0 radical (unpaired) electrons. The van der Waals surface area contributed by atoms with Gasteiger partial charge < -0.3 is 20.3 Å². The minimum Gasteiger partial charge on any atom is -0.453 e. The first-order valence-corrected chi connectivity index (χ1v) is 11.9. The quantitative estimate of drug-likeness (QED) is 0.567. The SMILES string of the molecule is COC(=O)NC1CCN(C(=O)c2cc(N[C@@H](C)C(C)C)nc(-c3cnn4ccsc34)n2)CC1. The molecule has 2 amide bonds. The van der Waals surface area contributed by atoms with E-state index in [1.165, 1.54) is 7.11 Å². The van der Waals surface area contributed by atoms with Crippen molar-refractivity contribution in [3.8, 4) is 11.4 Å². The molecule has 33 heavy (non-hydrogen) atoms. The predicted octanol–water partition coefficient (Wildman–Crippen LogP) is 3.27. The first-order chi connectivity index (χ1) is 15.9. The summed E-state index contributed by atoms with van der Waals surface area (Å²) >= 11 is 1.55. The molecule has 176 valence electrons. The Morgan fingerprint density at radius 1 is 1.21 bits per heavy atom. The number of alkyl carbamates (subject to hydrolysis) is 1. The Kier molecular flexibility index (Phi) is 6.77. The Labute approximate surface area is 196 Å². The number of amides is 2. The molecule has 0 spiro atoms. The lowest BCUT2D eigenvalue weighted by Crippen LogP contribution is -2.46. The number of fused-ring (bicyclic) bond motifs is 1. The number of hydrogen-bond acceptors (Lipinski definition) is 8. The number of piperidine rings is 1. The highest BCUT2D eigenvalue weighted by molar-refractivity contribution is 7.16. The van der Waals surface area contributed by atoms with E-state index < -0.39 is 6.09 Å². The number of rotatable bonds is 6. The molecular formula is C22H29N7O3S. The second-order valence-electron chi connectivity index (χ2n) is 8.55. The lowest BCUT2D eigenvalue weighted by atomic mass is 10.0. The molecule has 4 rings (SSSR count). The van der Waals surface area contributed by atoms with Crippen LogP contribution >= 0.6 is 11.3 Å². The zero-order valence-corrected chi connectivity index (χ0v) is 20.1. The highest BCUT2D eigenvalue weighted by Crippen LogP contribution is 2.27. The second-order valence-corrected chi connectivity index (χ2v) is 9.45. The topological polar surface area (TPSA) is 114 Å². The third-order valence-electron chi connectivity index (χ3n) is 5.98. The lowest BCUT2D eigenvalue weighted by Gasteiger charge is -2.32. The Morgan fingerprint density at radius 2 is 1.97 bits per heavy atom. The van der Waals surface area contributed by atoms with Crippen LogP contribution in [-0.2, 0) is 4.74 Å². The van der Waals surface area contributed by atoms with Gasteiger partial charge in [-0.3, -0.25) is 4.79 Å². The third-order valence-corrected chi connectivity index (χ3v) is 6.87. The van der Waals surface area contributed by atoms with Crippen molar-refractivity contribution in [2.75, 3.05) is 25.5 Å². The average Bonchev–Trinajstić information content (AvgIpc) is 3.43. The maximum atomic E-state index is 13.4. The van der Waals surface area contributed by atoms with E-state index in [2.05, 4.69) is 46.2 Å². The summed E-state index contributed by atoms with van der Waals surface area (Å²) in [6, 6.07) is 1.88. The average molecular weight is 472 g/mol. The zero-order chi connectivity index (χ0) is 23.5. The number of likely N-dealkylation sites (tertiary alicyclic amines) is 1. The van der Waals surface area contributed by atoms with Gasteiger partial charge in [0.25, 0.3) is 5.91 Å². The minimum atomic E-state index is -0.448. The largest absolute Gasteiger partial charge is 0.453 e. The summed E-state index contributed by atoms with van der Waals surface area (Å²) in [7, 11) is 1.34. The van der Waals surface area contributed by atoms with Gasteiger partial charge in [0.2, 0.25) is 0 Å². The van der Waals surface area contributed by atoms with Gasteiger partial charge in [-0.25, -0.2) is 19.3 Å². The van der Waals surface area contributed by atoms with Crippen molar-refractivity contribution in [2.45, 2.75) is 45.7 Å². The molecule has 4 heterocycles. The fourth-order valence-corrected chi connectivity index (χ4v) is 4.44. The van der Waals surface area contributed by atoms with Gasteiger partial charge in [-0.2, -0.15) is 5.10 Å². The monoisotopic (exact) mass is 471 g/mol. The van der Waals surface area contributed by atoms with Crippen molar-refractivity contribution in [3.05, 3.63) is 29.5 Å². The summed E-state index contributed by atoms with van der Waals surface area (Å²) in [5.41, 5.74) is 1.13. The van der Waals surface area contributed by atoms with Gasteiger partial charge in [-0.15, -0.1) is 11.3 Å². The minimum absolute atomic E-state index is 0.00823. The fourth-order valence-electron chi connectivity index (χ4n) is 3.65. The van der Waals surface area contributed by atoms with Crippen LogP contribution in [-0.4, -0.2) is 68.8 Å². The van der Waals surface area contributed by atoms with Crippen LogP contribution < -0.4 is 10.6 Å². The molecule has 0 saturated carbocycles. The summed E-state index contributed by atoms with van der Waals surface area (Å²) in [6.45, 7) is 7.41. The number of nitrogens with zero attached hydrogens (tertiary/aromatic N) is 5. The lowest BCUT2D eigenvalue weighted by molar-refractivity contribution is 0.0698. The molecule has 2 N–H and O–H groups in total. The van der Waals surface area contributed by atoms with Gasteiger partial charge in [0.15, 0.2) is 5.82 Å². The van der Waals surface area contributed by atoms with Crippen LogP contribution in [0.1, 0.15) is 44.1 Å². The van der Waals surface area contributed by atoms with Crippen molar-refractivity contribution >= 4 is 34.0 Å². The van der Waals surface area contributed by atoms with E-state index in [4.69, 9.17) is 4.98 Å².